The third kappa shape index (κ3) is 4.07. The highest BCUT2D eigenvalue weighted by molar-refractivity contribution is 7.90. The summed E-state index contributed by atoms with van der Waals surface area (Å²) >= 11 is 5.99. The molecule has 0 atom stereocenters. The van der Waals surface area contributed by atoms with E-state index in [-0.39, 0.29) is 16.1 Å². The third-order valence-electron chi connectivity index (χ3n) is 3.05. The van der Waals surface area contributed by atoms with Gasteiger partial charge in [-0.2, -0.15) is 12.8 Å². The summed E-state index contributed by atoms with van der Waals surface area (Å²) in [6.07, 6.45) is 0. The zero-order valence-corrected chi connectivity index (χ0v) is 14.7. The van der Waals surface area contributed by atoms with Gasteiger partial charge in [-0.05, 0) is 24.3 Å². The number of rotatable bonds is 3. The molecule has 2 aromatic rings. The summed E-state index contributed by atoms with van der Waals surface area (Å²) in [7, 11) is -4.32. The zero-order chi connectivity index (χ0) is 18.1. The molecule has 0 bridgehead atoms. The molecule has 0 aromatic carbocycles. The van der Waals surface area contributed by atoms with Crippen molar-refractivity contribution in [1.82, 2.24) is 14.7 Å². The molecule has 0 aliphatic carbocycles. The number of carbonyl (C=O) groups is 1. The van der Waals surface area contributed by atoms with Crippen molar-refractivity contribution in [3.8, 4) is 0 Å². The van der Waals surface area contributed by atoms with E-state index in [1.54, 1.807) is 10.8 Å². The summed E-state index contributed by atoms with van der Waals surface area (Å²) in [5.74, 6) is -1.95. The first-order valence-corrected chi connectivity index (χ1v) is 8.73. The van der Waals surface area contributed by atoms with Gasteiger partial charge in [0.25, 0.3) is 15.9 Å². The summed E-state index contributed by atoms with van der Waals surface area (Å²) in [5.41, 5.74) is 0.263. The van der Waals surface area contributed by atoms with Crippen LogP contribution in [0.3, 0.4) is 0 Å². The van der Waals surface area contributed by atoms with E-state index in [9.17, 15) is 17.6 Å². The van der Waals surface area contributed by atoms with Gasteiger partial charge < -0.3 is 0 Å². The highest BCUT2D eigenvalue weighted by Crippen LogP contribution is 2.24. The Bertz CT molecular complexity index is 895. The average Bonchev–Trinajstić information content (AvgIpc) is 2.45. The van der Waals surface area contributed by atoms with Crippen LogP contribution in [0.4, 0.5) is 4.39 Å². The first-order valence-electron chi connectivity index (χ1n) is 6.87. The van der Waals surface area contributed by atoms with Crippen molar-refractivity contribution in [1.29, 1.82) is 0 Å². The Labute approximate surface area is 144 Å². The zero-order valence-electron chi connectivity index (χ0n) is 13.2. The fourth-order valence-electron chi connectivity index (χ4n) is 1.79. The predicted molar refractivity (Wildman–Crippen MR) is 86.8 cm³/mol. The number of hydrogen-bond donors (Lipinski definition) is 1. The number of carbonyl (C=O) groups excluding carboxylic acids is 1. The van der Waals surface area contributed by atoms with Gasteiger partial charge in [-0.1, -0.05) is 38.4 Å². The molecule has 0 unspecified atom stereocenters. The Kier molecular flexibility index (Phi) is 4.91. The predicted octanol–water partition coefficient (Wildman–Crippen LogP) is 2.69. The average molecular weight is 372 g/mol. The Morgan fingerprint density at radius 3 is 2.38 bits per heavy atom. The van der Waals surface area contributed by atoms with Crippen LogP contribution in [0.25, 0.3) is 0 Å². The van der Waals surface area contributed by atoms with Gasteiger partial charge in [-0.3, -0.25) is 4.79 Å². The van der Waals surface area contributed by atoms with Crippen LogP contribution >= 0.6 is 11.6 Å². The quantitative estimate of drug-likeness (QED) is 0.838. The topological polar surface area (TPSA) is 89.0 Å². The van der Waals surface area contributed by atoms with Crippen LogP contribution in [0.5, 0.6) is 0 Å². The van der Waals surface area contributed by atoms with E-state index in [4.69, 9.17) is 11.6 Å². The number of sulfonamides is 1. The Hall–Kier alpha value is -2.06. The lowest BCUT2D eigenvalue weighted by Gasteiger charge is -2.18. The fourth-order valence-corrected chi connectivity index (χ4v) is 2.95. The largest absolute Gasteiger partial charge is 0.281 e. The van der Waals surface area contributed by atoms with Crippen molar-refractivity contribution < 1.29 is 17.6 Å². The van der Waals surface area contributed by atoms with Gasteiger partial charge in [0.15, 0.2) is 5.03 Å². The number of aromatic nitrogens is 2. The second-order valence-electron chi connectivity index (χ2n) is 6.02. The number of nitrogens with one attached hydrogen (secondary N) is 1. The van der Waals surface area contributed by atoms with Gasteiger partial charge in [-0.25, -0.2) is 14.7 Å². The summed E-state index contributed by atoms with van der Waals surface area (Å²) in [5, 5.41) is -0.728. The van der Waals surface area contributed by atoms with Gasteiger partial charge in [-0.15, -0.1) is 0 Å². The number of amides is 1. The molecule has 0 aliphatic heterocycles. The van der Waals surface area contributed by atoms with Crippen LogP contribution in [-0.2, 0) is 15.4 Å². The Morgan fingerprint density at radius 2 is 1.83 bits per heavy atom. The normalized spacial score (nSPS) is 12.0. The van der Waals surface area contributed by atoms with Crippen molar-refractivity contribution in [2.75, 3.05) is 0 Å². The minimum atomic E-state index is -4.32. The molecule has 6 nitrogen and oxygen atoms in total. The van der Waals surface area contributed by atoms with Crippen LogP contribution in [0, 0.1) is 5.95 Å². The lowest BCUT2D eigenvalue weighted by atomic mass is 9.91. The second-order valence-corrected chi connectivity index (χ2v) is 8.01. The van der Waals surface area contributed by atoms with E-state index in [0.717, 1.165) is 12.1 Å². The van der Waals surface area contributed by atoms with Crippen molar-refractivity contribution in [3.05, 3.63) is 52.7 Å². The highest BCUT2D eigenvalue weighted by atomic mass is 35.5. The molecule has 128 valence electrons. The van der Waals surface area contributed by atoms with Gasteiger partial charge in [0.2, 0.25) is 5.95 Å². The highest BCUT2D eigenvalue weighted by Gasteiger charge is 2.24. The van der Waals surface area contributed by atoms with Crippen molar-refractivity contribution >= 4 is 27.5 Å². The van der Waals surface area contributed by atoms with E-state index in [0.29, 0.717) is 5.69 Å². The third-order valence-corrected chi connectivity index (χ3v) is 4.57. The van der Waals surface area contributed by atoms with Crippen LogP contribution in [0.15, 0.2) is 35.4 Å². The molecule has 2 rings (SSSR count). The Morgan fingerprint density at radius 1 is 1.17 bits per heavy atom. The maximum Gasteiger partial charge on any atom is 0.281 e. The molecule has 0 radical (unpaired) electrons. The van der Waals surface area contributed by atoms with Gasteiger partial charge in [0.05, 0.1) is 5.56 Å². The molecule has 9 heteroatoms. The van der Waals surface area contributed by atoms with Crippen LogP contribution in [0.2, 0.25) is 5.15 Å². The first kappa shape index (κ1) is 18.3. The van der Waals surface area contributed by atoms with Crippen molar-refractivity contribution in [2.45, 2.75) is 31.2 Å². The van der Waals surface area contributed by atoms with Crippen molar-refractivity contribution in [2.24, 2.45) is 0 Å². The minimum Gasteiger partial charge on any atom is -0.268 e. The first-order chi connectivity index (χ1) is 11.0. The lowest BCUT2D eigenvalue weighted by Crippen LogP contribution is -2.31. The lowest BCUT2D eigenvalue weighted by molar-refractivity contribution is 0.0981. The molecular formula is C15H15ClFN3O3S. The van der Waals surface area contributed by atoms with E-state index in [1.807, 2.05) is 20.8 Å². The van der Waals surface area contributed by atoms with Crippen LogP contribution < -0.4 is 4.72 Å². The van der Waals surface area contributed by atoms with E-state index >= 15 is 0 Å². The van der Waals surface area contributed by atoms with E-state index in [1.165, 1.54) is 12.1 Å². The minimum absolute atomic E-state index is 0.107. The van der Waals surface area contributed by atoms with Crippen LogP contribution in [0.1, 0.15) is 36.8 Å². The molecule has 0 saturated heterocycles. The van der Waals surface area contributed by atoms with Gasteiger partial charge >= 0.3 is 0 Å². The number of nitrogens with zero attached hydrogens (tertiary/aromatic N) is 2. The summed E-state index contributed by atoms with van der Waals surface area (Å²) < 4.78 is 39.0. The summed E-state index contributed by atoms with van der Waals surface area (Å²) in [6.45, 7) is 5.77. The van der Waals surface area contributed by atoms with Gasteiger partial charge in [0.1, 0.15) is 5.15 Å². The fraction of sp³-hybridized carbons (Fsp3) is 0.267. The van der Waals surface area contributed by atoms with E-state index < -0.39 is 26.9 Å². The molecule has 24 heavy (non-hydrogen) atoms. The number of hydrogen-bond acceptors (Lipinski definition) is 5. The molecule has 0 saturated carbocycles. The number of halogens is 2. The maximum absolute atomic E-state index is 13.1. The summed E-state index contributed by atoms with van der Waals surface area (Å²) in [4.78, 5) is 19.5. The van der Waals surface area contributed by atoms with Crippen molar-refractivity contribution in [3.63, 3.8) is 0 Å². The Balaban J connectivity index is 2.30. The molecule has 1 N–H and O–H groups in total. The molecule has 2 heterocycles. The molecule has 0 spiro atoms. The molecule has 1 amide bonds. The van der Waals surface area contributed by atoms with E-state index in [2.05, 4.69) is 9.97 Å². The molecular weight excluding hydrogens is 357 g/mol. The second kappa shape index (κ2) is 6.45. The SMILES string of the molecule is CC(C)(C)c1ccc(C(=O)NS(=O)(=O)c2cccc(F)n2)c(Cl)n1. The van der Waals surface area contributed by atoms with Gasteiger partial charge in [0, 0.05) is 11.1 Å². The number of pyridine rings is 2. The summed E-state index contributed by atoms with van der Waals surface area (Å²) in [6, 6.07) is 6.22. The molecule has 0 fully saturated rings. The molecule has 2 aromatic heterocycles. The smallest absolute Gasteiger partial charge is 0.268 e. The van der Waals surface area contributed by atoms with Crippen LogP contribution in [-0.4, -0.2) is 24.3 Å². The molecule has 0 aliphatic rings. The monoisotopic (exact) mass is 371 g/mol. The standard InChI is InChI=1S/C15H15ClFN3O3S/c1-15(2,3)10-8-7-9(13(16)18-10)14(21)20-24(22,23)12-6-4-5-11(17)19-12/h4-8H,1-3H3,(H,20,21). The maximum atomic E-state index is 13.1.